The number of sulfonamides is 1. The summed E-state index contributed by atoms with van der Waals surface area (Å²) in [5.41, 5.74) is 3.72. The number of anilines is 2. The lowest BCUT2D eigenvalue weighted by molar-refractivity contribution is 0.102. The molecule has 1 aliphatic rings. The Balaban J connectivity index is 1.62. The number of benzene rings is 3. The van der Waals surface area contributed by atoms with Crippen molar-refractivity contribution in [1.82, 2.24) is 0 Å². The fraction of sp³-hybridized carbons (Fsp3) is 0.174. The van der Waals surface area contributed by atoms with E-state index in [0.29, 0.717) is 17.7 Å². The van der Waals surface area contributed by atoms with Crippen molar-refractivity contribution in [2.24, 2.45) is 0 Å². The average molecular weight is 532 g/mol. The molecule has 1 atom stereocenters. The number of carbonyl (C=O) groups excluding carboxylic acids is 1. The maximum atomic E-state index is 13.3. The van der Waals surface area contributed by atoms with Gasteiger partial charge in [0, 0.05) is 20.9 Å². The summed E-state index contributed by atoms with van der Waals surface area (Å²) in [5.74, 6) is -0.216. The lowest BCUT2D eigenvalue weighted by atomic mass is 10.1. The van der Waals surface area contributed by atoms with Crippen LogP contribution >= 0.6 is 22.6 Å². The van der Waals surface area contributed by atoms with E-state index in [9.17, 15) is 13.2 Å². The molecule has 3 aromatic carbocycles. The van der Waals surface area contributed by atoms with E-state index in [1.807, 2.05) is 38.1 Å². The van der Waals surface area contributed by atoms with E-state index in [1.165, 1.54) is 4.31 Å². The van der Waals surface area contributed by atoms with Crippen molar-refractivity contribution in [3.63, 3.8) is 0 Å². The summed E-state index contributed by atoms with van der Waals surface area (Å²) < 4.78 is 29.1. The van der Waals surface area contributed by atoms with Gasteiger partial charge in [0.15, 0.2) is 0 Å². The van der Waals surface area contributed by atoms with Gasteiger partial charge in [0.1, 0.15) is 0 Å². The van der Waals surface area contributed by atoms with Crippen LogP contribution in [0.2, 0.25) is 0 Å². The Bertz CT molecular complexity index is 1210. The van der Waals surface area contributed by atoms with E-state index in [2.05, 4.69) is 27.9 Å². The molecule has 0 aliphatic carbocycles. The van der Waals surface area contributed by atoms with Gasteiger partial charge in [-0.15, -0.1) is 0 Å². The zero-order valence-corrected chi connectivity index (χ0v) is 19.6. The minimum atomic E-state index is -3.67. The molecule has 30 heavy (non-hydrogen) atoms. The highest BCUT2D eigenvalue weighted by Crippen LogP contribution is 2.37. The number of rotatable bonds is 4. The van der Waals surface area contributed by atoms with E-state index < -0.39 is 10.0 Å². The molecule has 1 amide bonds. The number of hydrogen-bond donors (Lipinski definition) is 1. The molecule has 3 aromatic rings. The number of amides is 1. The Labute approximate surface area is 190 Å². The second kappa shape index (κ2) is 8.03. The molecule has 1 aliphatic heterocycles. The van der Waals surface area contributed by atoms with Gasteiger partial charge in [-0.2, -0.15) is 0 Å². The molecular formula is C23H21IN2O3S. The van der Waals surface area contributed by atoms with Crippen LogP contribution in [0.25, 0.3) is 0 Å². The van der Waals surface area contributed by atoms with Gasteiger partial charge in [-0.3, -0.25) is 9.10 Å². The third-order valence-corrected chi connectivity index (χ3v) is 7.84. The third kappa shape index (κ3) is 3.96. The Morgan fingerprint density at radius 1 is 1.03 bits per heavy atom. The van der Waals surface area contributed by atoms with Crippen LogP contribution in [-0.2, 0) is 16.4 Å². The van der Waals surface area contributed by atoms with Crippen molar-refractivity contribution in [2.75, 3.05) is 9.62 Å². The van der Waals surface area contributed by atoms with Gasteiger partial charge in [-0.05, 0) is 103 Å². The summed E-state index contributed by atoms with van der Waals surface area (Å²) in [5, 5.41) is 2.89. The number of carbonyl (C=O) groups is 1. The Morgan fingerprint density at radius 3 is 2.37 bits per heavy atom. The van der Waals surface area contributed by atoms with Crippen LogP contribution in [0.1, 0.15) is 28.4 Å². The average Bonchev–Trinajstić information content (AvgIpc) is 3.05. The largest absolute Gasteiger partial charge is 0.322 e. The number of halogens is 1. The Hall–Kier alpha value is -2.39. The molecule has 1 N–H and O–H groups in total. The highest BCUT2D eigenvalue weighted by Gasteiger charge is 2.36. The van der Waals surface area contributed by atoms with Crippen molar-refractivity contribution >= 4 is 49.9 Å². The lowest BCUT2D eigenvalue weighted by Crippen LogP contribution is -2.35. The molecule has 0 saturated heterocycles. The molecule has 154 valence electrons. The van der Waals surface area contributed by atoms with Gasteiger partial charge in [0.2, 0.25) is 0 Å². The van der Waals surface area contributed by atoms with E-state index in [1.54, 1.807) is 42.5 Å². The van der Waals surface area contributed by atoms with Gasteiger partial charge >= 0.3 is 0 Å². The highest BCUT2D eigenvalue weighted by atomic mass is 127. The van der Waals surface area contributed by atoms with Crippen LogP contribution in [0.5, 0.6) is 0 Å². The van der Waals surface area contributed by atoms with Crippen LogP contribution in [0.4, 0.5) is 11.4 Å². The van der Waals surface area contributed by atoms with Gasteiger partial charge < -0.3 is 5.32 Å². The van der Waals surface area contributed by atoms with E-state index in [-0.39, 0.29) is 16.8 Å². The van der Waals surface area contributed by atoms with Gasteiger partial charge in [0.25, 0.3) is 15.9 Å². The van der Waals surface area contributed by atoms with Gasteiger partial charge in [-0.1, -0.05) is 17.7 Å². The maximum Gasteiger partial charge on any atom is 0.264 e. The number of nitrogens with zero attached hydrogens (tertiary/aromatic N) is 1. The highest BCUT2D eigenvalue weighted by molar-refractivity contribution is 14.1. The molecule has 0 fully saturated rings. The molecule has 7 heteroatoms. The zero-order valence-electron chi connectivity index (χ0n) is 16.6. The van der Waals surface area contributed by atoms with E-state index in [0.717, 1.165) is 20.4 Å². The second-order valence-electron chi connectivity index (χ2n) is 7.47. The van der Waals surface area contributed by atoms with E-state index >= 15 is 0 Å². The van der Waals surface area contributed by atoms with Gasteiger partial charge in [-0.25, -0.2) is 8.42 Å². The standard InChI is InChI=1S/C23H21IN2O3S/c1-15-3-10-21(11-4-15)30(28,29)26-16(2)13-18-14-17(5-12-22(18)26)23(27)25-20-8-6-19(24)7-9-20/h3-12,14,16H,13H2,1-2H3,(H,25,27)/t16-/m1/s1. The van der Waals surface area contributed by atoms with Crippen molar-refractivity contribution in [2.45, 2.75) is 31.2 Å². The summed E-state index contributed by atoms with van der Waals surface area (Å²) in [6.45, 7) is 3.81. The number of hydrogen-bond acceptors (Lipinski definition) is 3. The van der Waals surface area contributed by atoms with Crippen molar-refractivity contribution in [3.05, 3.63) is 87.0 Å². The summed E-state index contributed by atoms with van der Waals surface area (Å²) in [4.78, 5) is 12.9. The molecule has 0 radical (unpaired) electrons. The second-order valence-corrected chi connectivity index (χ2v) is 10.5. The first-order valence-corrected chi connectivity index (χ1v) is 12.1. The van der Waals surface area contributed by atoms with E-state index in [4.69, 9.17) is 0 Å². The van der Waals surface area contributed by atoms with Crippen LogP contribution < -0.4 is 9.62 Å². The molecule has 5 nitrogen and oxygen atoms in total. The third-order valence-electron chi connectivity index (χ3n) is 5.17. The normalized spacial score (nSPS) is 15.7. The van der Waals surface area contributed by atoms with Gasteiger partial charge in [0.05, 0.1) is 10.6 Å². The number of fused-ring (bicyclic) bond motifs is 1. The summed E-state index contributed by atoms with van der Waals surface area (Å²) in [6, 6.07) is 19.4. The Kier molecular flexibility index (Phi) is 5.59. The summed E-state index contributed by atoms with van der Waals surface area (Å²) in [6.07, 6.45) is 0.561. The molecule has 0 saturated carbocycles. The molecule has 0 unspecified atom stereocenters. The molecule has 0 bridgehead atoms. The lowest BCUT2D eigenvalue weighted by Gasteiger charge is -2.24. The van der Waals surface area contributed by atoms with Crippen molar-refractivity contribution < 1.29 is 13.2 Å². The minimum absolute atomic E-state index is 0.216. The molecule has 0 spiro atoms. The van der Waals surface area contributed by atoms with Crippen molar-refractivity contribution in [1.29, 1.82) is 0 Å². The zero-order chi connectivity index (χ0) is 21.5. The van der Waals surface area contributed by atoms with Crippen molar-refractivity contribution in [3.8, 4) is 0 Å². The maximum absolute atomic E-state index is 13.3. The monoisotopic (exact) mass is 532 g/mol. The molecular weight excluding hydrogens is 511 g/mol. The molecule has 0 aromatic heterocycles. The first kappa shape index (κ1) is 20.9. The predicted octanol–water partition coefficient (Wildman–Crippen LogP) is 4.99. The minimum Gasteiger partial charge on any atom is -0.322 e. The quantitative estimate of drug-likeness (QED) is 0.482. The fourth-order valence-corrected chi connectivity index (χ4v) is 5.72. The predicted molar refractivity (Wildman–Crippen MR) is 128 cm³/mol. The number of aryl methyl sites for hydroxylation is 1. The summed E-state index contributed by atoms with van der Waals surface area (Å²) in [7, 11) is -3.67. The van der Waals surface area contributed by atoms with Crippen LogP contribution in [-0.4, -0.2) is 20.4 Å². The number of nitrogens with one attached hydrogen (secondary N) is 1. The van der Waals surface area contributed by atoms with Crippen LogP contribution in [0, 0.1) is 10.5 Å². The first-order chi connectivity index (χ1) is 14.3. The topological polar surface area (TPSA) is 66.5 Å². The summed E-state index contributed by atoms with van der Waals surface area (Å²) >= 11 is 2.21. The molecule has 1 heterocycles. The first-order valence-electron chi connectivity index (χ1n) is 9.56. The van der Waals surface area contributed by atoms with Crippen LogP contribution in [0.3, 0.4) is 0 Å². The van der Waals surface area contributed by atoms with Crippen LogP contribution in [0.15, 0.2) is 71.6 Å². The SMILES string of the molecule is Cc1ccc(S(=O)(=O)N2c3ccc(C(=O)Nc4ccc(I)cc4)cc3C[C@H]2C)cc1. The Morgan fingerprint density at radius 2 is 1.70 bits per heavy atom. The fourth-order valence-electron chi connectivity index (χ4n) is 3.67. The molecule has 4 rings (SSSR count). The smallest absolute Gasteiger partial charge is 0.264 e.